The minimum atomic E-state index is -5.12. The van der Waals surface area contributed by atoms with Crippen LogP contribution in [0.25, 0.3) is 0 Å². The molecule has 0 radical (unpaired) electrons. The van der Waals surface area contributed by atoms with E-state index in [1.165, 1.54) is 6.92 Å². The first-order chi connectivity index (χ1) is 7.53. The van der Waals surface area contributed by atoms with Gasteiger partial charge in [-0.2, -0.15) is 26.3 Å². The van der Waals surface area contributed by atoms with Gasteiger partial charge in [0, 0.05) is 0 Å². The van der Waals surface area contributed by atoms with Crippen LogP contribution in [0.2, 0.25) is 0 Å². The summed E-state index contributed by atoms with van der Waals surface area (Å²) in [6, 6.07) is 1.46. The maximum absolute atomic E-state index is 12.4. The third kappa shape index (κ3) is 3.12. The van der Waals surface area contributed by atoms with Crippen LogP contribution in [0.1, 0.15) is 29.7 Å². The van der Waals surface area contributed by atoms with E-state index in [0.29, 0.717) is 12.1 Å². The zero-order valence-electron chi connectivity index (χ0n) is 8.52. The number of hydrogen-bond acceptors (Lipinski definition) is 1. The van der Waals surface area contributed by atoms with E-state index >= 15 is 0 Å². The van der Waals surface area contributed by atoms with Crippen molar-refractivity contribution in [1.29, 1.82) is 0 Å². The van der Waals surface area contributed by atoms with E-state index in [2.05, 4.69) is 0 Å². The Morgan fingerprint density at radius 2 is 1.41 bits per heavy atom. The van der Waals surface area contributed by atoms with Crippen molar-refractivity contribution in [3.63, 3.8) is 0 Å². The Bertz CT molecular complexity index is 404. The molecule has 7 heteroatoms. The topological polar surface area (TPSA) is 20.2 Å². The molecule has 1 aromatic carbocycles. The molecular weight excluding hydrogens is 250 g/mol. The molecule has 1 N–H and O–H groups in total. The van der Waals surface area contributed by atoms with Crippen molar-refractivity contribution in [3.05, 3.63) is 34.9 Å². The molecule has 1 nitrogen and oxygen atoms in total. The Morgan fingerprint density at radius 3 is 1.76 bits per heavy atom. The molecule has 96 valence electrons. The Labute approximate surface area is 92.7 Å². The van der Waals surface area contributed by atoms with E-state index in [1.807, 2.05) is 0 Å². The molecule has 17 heavy (non-hydrogen) atoms. The molecule has 0 aliphatic heterocycles. The van der Waals surface area contributed by atoms with Crippen LogP contribution in [0.15, 0.2) is 18.2 Å². The lowest BCUT2D eigenvalue weighted by Gasteiger charge is -2.17. The molecule has 0 amide bonds. The second-order valence-corrected chi connectivity index (χ2v) is 3.48. The van der Waals surface area contributed by atoms with Crippen molar-refractivity contribution in [3.8, 4) is 0 Å². The molecule has 0 aliphatic rings. The molecule has 0 unspecified atom stereocenters. The van der Waals surface area contributed by atoms with Gasteiger partial charge < -0.3 is 5.11 Å². The molecule has 1 rings (SSSR count). The average molecular weight is 258 g/mol. The summed E-state index contributed by atoms with van der Waals surface area (Å²) in [5.74, 6) is 0. The highest BCUT2D eigenvalue weighted by Gasteiger charge is 2.43. The molecule has 0 aliphatic carbocycles. The Kier molecular flexibility index (Phi) is 3.42. The van der Waals surface area contributed by atoms with E-state index < -0.39 is 29.6 Å². The fourth-order valence-electron chi connectivity index (χ4n) is 1.30. The quantitative estimate of drug-likeness (QED) is 0.760. The van der Waals surface area contributed by atoms with Gasteiger partial charge in [0.25, 0.3) is 0 Å². The molecule has 1 aromatic rings. The van der Waals surface area contributed by atoms with Crippen LogP contribution in [0.4, 0.5) is 26.3 Å². The highest BCUT2D eigenvalue weighted by Crippen LogP contribution is 2.41. The largest absolute Gasteiger partial charge is 0.417 e. The van der Waals surface area contributed by atoms with Gasteiger partial charge in [0.15, 0.2) is 0 Å². The van der Waals surface area contributed by atoms with E-state index in [0.717, 1.165) is 6.07 Å². The number of benzene rings is 1. The number of alkyl halides is 6. The van der Waals surface area contributed by atoms with Crippen molar-refractivity contribution in [1.82, 2.24) is 0 Å². The first-order valence-corrected chi connectivity index (χ1v) is 4.50. The molecule has 0 saturated carbocycles. The maximum Gasteiger partial charge on any atom is 0.417 e. The summed E-state index contributed by atoms with van der Waals surface area (Å²) in [5, 5.41) is 9.06. The van der Waals surface area contributed by atoms with Gasteiger partial charge in [-0.25, -0.2) is 0 Å². The third-order valence-electron chi connectivity index (χ3n) is 2.14. The number of aliphatic hydroxyl groups is 1. The molecular formula is C10H8F6O. The highest BCUT2D eigenvalue weighted by molar-refractivity contribution is 5.36. The Morgan fingerprint density at radius 1 is 0.941 bits per heavy atom. The van der Waals surface area contributed by atoms with Crippen LogP contribution in [0, 0.1) is 0 Å². The molecule has 0 aromatic heterocycles. The van der Waals surface area contributed by atoms with E-state index in [9.17, 15) is 26.3 Å². The standard InChI is InChI=1S/C10H8F6O/c1-5(17)6-2-3-7(9(11,12)13)8(4-6)10(14,15)16/h2-5,17H,1H3/t5-/m0/s1. The zero-order valence-corrected chi connectivity index (χ0v) is 8.52. The molecule has 0 fully saturated rings. The van der Waals surface area contributed by atoms with Crippen molar-refractivity contribution in [2.45, 2.75) is 25.4 Å². The fraction of sp³-hybridized carbons (Fsp3) is 0.400. The number of halogens is 6. The molecule has 0 saturated heterocycles. The van der Waals surface area contributed by atoms with Crippen molar-refractivity contribution in [2.75, 3.05) is 0 Å². The fourth-order valence-corrected chi connectivity index (χ4v) is 1.30. The second-order valence-electron chi connectivity index (χ2n) is 3.48. The number of rotatable bonds is 1. The van der Waals surface area contributed by atoms with Crippen LogP contribution in [0.3, 0.4) is 0 Å². The molecule has 1 atom stereocenters. The SMILES string of the molecule is C[C@H](O)c1ccc(C(F)(F)F)c(C(F)(F)F)c1. The smallest absolute Gasteiger partial charge is 0.389 e. The van der Waals surface area contributed by atoms with Crippen molar-refractivity contribution in [2.24, 2.45) is 0 Å². The highest BCUT2D eigenvalue weighted by atomic mass is 19.4. The number of hydrogen-bond donors (Lipinski definition) is 1. The average Bonchev–Trinajstić information content (AvgIpc) is 2.14. The summed E-state index contributed by atoms with van der Waals surface area (Å²) in [7, 11) is 0. The number of aliphatic hydroxyl groups excluding tert-OH is 1. The summed E-state index contributed by atoms with van der Waals surface area (Å²) in [6.07, 6.45) is -11.5. The predicted molar refractivity (Wildman–Crippen MR) is 47.1 cm³/mol. The zero-order chi connectivity index (χ0) is 13.4. The minimum Gasteiger partial charge on any atom is -0.389 e. The van der Waals surface area contributed by atoms with Gasteiger partial charge >= 0.3 is 12.4 Å². The molecule has 0 spiro atoms. The van der Waals surface area contributed by atoms with Gasteiger partial charge in [-0.15, -0.1) is 0 Å². The summed E-state index contributed by atoms with van der Waals surface area (Å²) < 4.78 is 74.4. The monoisotopic (exact) mass is 258 g/mol. The lowest BCUT2D eigenvalue weighted by molar-refractivity contribution is -0.162. The van der Waals surface area contributed by atoms with Crippen LogP contribution in [-0.2, 0) is 12.4 Å². The van der Waals surface area contributed by atoms with Crippen molar-refractivity contribution < 1.29 is 31.4 Å². The van der Waals surface area contributed by atoms with Crippen LogP contribution in [0.5, 0.6) is 0 Å². The Hall–Kier alpha value is -1.24. The first kappa shape index (κ1) is 13.8. The van der Waals surface area contributed by atoms with Crippen LogP contribution >= 0.6 is 0 Å². The lowest BCUT2D eigenvalue weighted by Crippen LogP contribution is -2.17. The molecule has 0 bridgehead atoms. The summed E-state index contributed by atoms with van der Waals surface area (Å²) in [6.45, 7) is 1.17. The van der Waals surface area contributed by atoms with E-state index in [4.69, 9.17) is 5.11 Å². The second kappa shape index (κ2) is 4.21. The van der Waals surface area contributed by atoms with Crippen molar-refractivity contribution >= 4 is 0 Å². The van der Waals surface area contributed by atoms with Gasteiger partial charge in [0.05, 0.1) is 17.2 Å². The predicted octanol–water partition coefficient (Wildman–Crippen LogP) is 3.78. The van der Waals surface area contributed by atoms with Gasteiger partial charge in [0.2, 0.25) is 0 Å². The van der Waals surface area contributed by atoms with Gasteiger partial charge in [-0.05, 0) is 24.6 Å². The maximum atomic E-state index is 12.4. The van der Waals surface area contributed by atoms with Gasteiger partial charge in [-0.1, -0.05) is 6.07 Å². The van der Waals surface area contributed by atoms with Crippen LogP contribution < -0.4 is 0 Å². The summed E-state index contributed by atoms with van der Waals surface area (Å²) in [5.41, 5.74) is -3.76. The normalized spacial score (nSPS) is 14.8. The van der Waals surface area contributed by atoms with Gasteiger partial charge in [0.1, 0.15) is 0 Å². The summed E-state index contributed by atoms with van der Waals surface area (Å²) in [4.78, 5) is 0. The Balaban J connectivity index is 3.43. The van der Waals surface area contributed by atoms with E-state index in [1.54, 1.807) is 0 Å². The van der Waals surface area contributed by atoms with Gasteiger partial charge in [-0.3, -0.25) is 0 Å². The summed E-state index contributed by atoms with van der Waals surface area (Å²) >= 11 is 0. The first-order valence-electron chi connectivity index (χ1n) is 4.50. The minimum absolute atomic E-state index is 0.217. The van der Waals surface area contributed by atoms with E-state index in [-0.39, 0.29) is 5.56 Å². The van der Waals surface area contributed by atoms with Crippen LogP contribution in [-0.4, -0.2) is 5.11 Å². The lowest BCUT2D eigenvalue weighted by atomic mass is 10.0. The molecule has 0 heterocycles. The third-order valence-corrected chi connectivity index (χ3v) is 2.14.